The van der Waals surface area contributed by atoms with E-state index in [1.165, 1.54) is 5.39 Å². The summed E-state index contributed by atoms with van der Waals surface area (Å²) in [5.41, 5.74) is 9.29. The normalized spacial score (nSPS) is 12.0. The van der Waals surface area contributed by atoms with Crippen molar-refractivity contribution in [2.45, 2.75) is 0 Å². The Labute approximate surface area is 313 Å². The molecule has 6 nitrogen and oxygen atoms in total. The van der Waals surface area contributed by atoms with Crippen molar-refractivity contribution in [1.29, 1.82) is 0 Å². The van der Waals surface area contributed by atoms with E-state index in [0.29, 0.717) is 17.6 Å². The van der Waals surface area contributed by atoms with Crippen LogP contribution in [0.1, 0.15) is 0 Å². The van der Waals surface area contributed by atoms with Crippen LogP contribution in [0.3, 0.4) is 0 Å². The van der Waals surface area contributed by atoms with Gasteiger partial charge >= 0.3 is 0 Å². The van der Waals surface area contributed by atoms with E-state index in [2.05, 4.69) is 114 Å². The molecule has 4 heterocycles. The minimum absolute atomic E-state index is 0.554. The number of aromatic nitrogens is 4. The molecule has 0 radical (unpaired) electrons. The Hall–Kier alpha value is -7.57. The lowest BCUT2D eigenvalue weighted by molar-refractivity contribution is 0.668. The average Bonchev–Trinajstić information content (AvgIpc) is 3.91. The second-order valence-electron chi connectivity index (χ2n) is 14.0. The van der Waals surface area contributed by atoms with E-state index in [-0.39, 0.29) is 0 Å². The third kappa shape index (κ3) is 4.58. The largest absolute Gasteiger partial charge is 0.456 e. The van der Waals surface area contributed by atoms with Gasteiger partial charge in [0.2, 0.25) is 5.95 Å². The van der Waals surface area contributed by atoms with E-state index in [9.17, 15) is 0 Å². The van der Waals surface area contributed by atoms with Gasteiger partial charge in [-0.05, 0) is 76.5 Å². The van der Waals surface area contributed by atoms with Gasteiger partial charge in [0.25, 0.3) is 0 Å². The molecule has 0 spiro atoms. The van der Waals surface area contributed by atoms with Crippen LogP contribution in [0.25, 0.3) is 116 Å². The number of fused-ring (bicyclic) bond motifs is 10. The van der Waals surface area contributed by atoms with Gasteiger partial charge in [-0.1, -0.05) is 115 Å². The van der Waals surface area contributed by atoms with Crippen LogP contribution in [0.5, 0.6) is 0 Å². The summed E-state index contributed by atoms with van der Waals surface area (Å²) in [7, 11) is 0. The molecular weight excluding hydrogens is 677 g/mol. The van der Waals surface area contributed by atoms with Crippen LogP contribution in [-0.2, 0) is 0 Å². The van der Waals surface area contributed by atoms with Gasteiger partial charge in [-0.25, -0.2) is 4.98 Å². The third-order valence-corrected chi connectivity index (χ3v) is 10.8. The Morgan fingerprint density at radius 3 is 1.89 bits per heavy atom. The molecule has 0 fully saturated rings. The first-order chi connectivity index (χ1) is 27.2. The summed E-state index contributed by atoms with van der Waals surface area (Å²) < 4.78 is 15.0. The molecule has 0 unspecified atom stereocenters. The van der Waals surface area contributed by atoms with Gasteiger partial charge in [0.15, 0.2) is 11.6 Å². The first-order valence-electron chi connectivity index (χ1n) is 18.3. The number of hydrogen-bond donors (Lipinski definition) is 0. The number of nitrogens with zero attached hydrogens (tertiary/aromatic N) is 4. The first-order valence-corrected chi connectivity index (χ1v) is 18.3. The monoisotopic (exact) mass is 704 g/mol. The van der Waals surface area contributed by atoms with Crippen LogP contribution in [0, 0.1) is 0 Å². The molecule has 0 N–H and O–H groups in total. The van der Waals surface area contributed by atoms with E-state index in [1.54, 1.807) is 0 Å². The molecule has 0 bridgehead atoms. The molecule has 4 aromatic heterocycles. The molecule has 0 saturated carbocycles. The molecule has 55 heavy (non-hydrogen) atoms. The van der Waals surface area contributed by atoms with Crippen LogP contribution in [0.15, 0.2) is 179 Å². The van der Waals surface area contributed by atoms with E-state index in [4.69, 9.17) is 23.8 Å². The summed E-state index contributed by atoms with van der Waals surface area (Å²) in [6.45, 7) is 0. The highest BCUT2D eigenvalue weighted by Crippen LogP contribution is 2.41. The Morgan fingerprint density at radius 1 is 0.364 bits per heavy atom. The standard InChI is InChI=1S/C49H28N4O2/c1-2-11-29(12-3-1)47-50-48(52-49(51-47)53-40-18-8-6-15-35(40)39-25-30-13-4-5-14-31(30)26-41(39)53)33-22-24-38-45(28-33)55-43-20-10-17-34(46(38)43)32-21-23-37-36-16-7-9-19-42(36)54-44(37)27-32/h1-28H. The van der Waals surface area contributed by atoms with Crippen LogP contribution >= 0.6 is 0 Å². The second kappa shape index (κ2) is 11.5. The van der Waals surface area contributed by atoms with E-state index < -0.39 is 0 Å². The second-order valence-corrected chi connectivity index (χ2v) is 14.0. The average molecular weight is 705 g/mol. The molecule has 12 aromatic rings. The van der Waals surface area contributed by atoms with E-state index in [1.807, 2.05) is 60.7 Å². The highest BCUT2D eigenvalue weighted by atomic mass is 16.3. The number of rotatable bonds is 4. The van der Waals surface area contributed by atoms with E-state index in [0.717, 1.165) is 93.3 Å². The smallest absolute Gasteiger partial charge is 0.238 e. The Balaban J connectivity index is 1.05. The Bertz CT molecular complexity index is 3500. The molecule has 0 saturated heterocycles. The fourth-order valence-corrected chi connectivity index (χ4v) is 8.28. The van der Waals surface area contributed by atoms with Crippen molar-refractivity contribution in [3.8, 4) is 39.9 Å². The molecule has 0 aliphatic heterocycles. The van der Waals surface area contributed by atoms with Gasteiger partial charge in [0.05, 0.1) is 11.0 Å². The highest BCUT2D eigenvalue weighted by molar-refractivity contribution is 6.15. The number of hydrogen-bond acceptors (Lipinski definition) is 5. The van der Waals surface area contributed by atoms with Crippen molar-refractivity contribution in [2.24, 2.45) is 0 Å². The Kier molecular flexibility index (Phi) is 6.24. The molecule has 12 rings (SSSR count). The lowest BCUT2D eigenvalue weighted by Crippen LogP contribution is -2.06. The quantitative estimate of drug-likeness (QED) is 0.182. The van der Waals surface area contributed by atoms with Gasteiger partial charge < -0.3 is 8.83 Å². The molecule has 256 valence electrons. The fourth-order valence-electron chi connectivity index (χ4n) is 8.28. The van der Waals surface area contributed by atoms with Crippen molar-refractivity contribution in [2.75, 3.05) is 0 Å². The summed E-state index contributed by atoms with van der Waals surface area (Å²) in [6.07, 6.45) is 0. The summed E-state index contributed by atoms with van der Waals surface area (Å²) in [5, 5.41) is 8.94. The van der Waals surface area contributed by atoms with Crippen molar-refractivity contribution in [3.63, 3.8) is 0 Å². The van der Waals surface area contributed by atoms with Crippen LogP contribution in [-0.4, -0.2) is 19.5 Å². The van der Waals surface area contributed by atoms with E-state index >= 15 is 0 Å². The number of para-hydroxylation sites is 2. The maximum atomic E-state index is 6.59. The fraction of sp³-hybridized carbons (Fsp3) is 0. The minimum atomic E-state index is 0.554. The number of benzene rings is 8. The molecule has 0 aliphatic rings. The van der Waals surface area contributed by atoms with Gasteiger partial charge in [0.1, 0.15) is 22.3 Å². The predicted molar refractivity (Wildman–Crippen MR) is 223 cm³/mol. The molecular formula is C49H28N4O2. The van der Waals surface area contributed by atoms with Crippen molar-refractivity contribution in [1.82, 2.24) is 19.5 Å². The zero-order chi connectivity index (χ0) is 36.0. The van der Waals surface area contributed by atoms with Gasteiger partial charge in [-0.3, -0.25) is 4.57 Å². The van der Waals surface area contributed by atoms with Crippen molar-refractivity contribution < 1.29 is 8.83 Å². The van der Waals surface area contributed by atoms with Crippen molar-refractivity contribution >= 4 is 76.5 Å². The lowest BCUT2D eigenvalue weighted by atomic mass is 9.98. The van der Waals surface area contributed by atoms with Crippen LogP contribution in [0.4, 0.5) is 0 Å². The molecule has 6 heteroatoms. The summed E-state index contributed by atoms with van der Waals surface area (Å²) in [4.78, 5) is 15.4. The summed E-state index contributed by atoms with van der Waals surface area (Å²) in [5.74, 6) is 1.71. The van der Waals surface area contributed by atoms with Gasteiger partial charge in [-0.2, -0.15) is 9.97 Å². The van der Waals surface area contributed by atoms with Crippen LogP contribution < -0.4 is 0 Å². The molecule has 0 aliphatic carbocycles. The maximum Gasteiger partial charge on any atom is 0.238 e. The van der Waals surface area contributed by atoms with Gasteiger partial charge in [0, 0.05) is 43.4 Å². The number of furan rings is 2. The predicted octanol–water partition coefficient (Wildman–Crippen LogP) is 12.9. The molecule has 0 atom stereocenters. The van der Waals surface area contributed by atoms with Crippen LogP contribution in [0.2, 0.25) is 0 Å². The highest BCUT2D eigenvalue weighted by Gasteiger charge is 2.20. The third-order valence-electron chi connectivity index (χ3n) is 10.8. The SMILES string of the molecule is c1ccc(-c2nc(-c3ccc4c(c3)oc3cccc(-c5ccc6c(c5)oc5ccccc56)c34)nc(-n3c4ccccc4c4cc5ccccc5cc43)n2)cc1. The minimum Gasteiger partial charge on any atom is -0.456 e. The first kappa shape index (κ1) is 29.9. The lowest BCUT2D eigenvalue weighted by Gasteiger charge is -2.11. The van der Waals surface area contributed by atoms with Crippen molar-refractivity contribution in [3.05, 3.63) is 170 Å². The summed E-state index contributed by atoms with van der Waals surface area (Å²) in [6, 6.07) is 58.6. The maximum absolute atomic E-state index is 6.59. The zero-order valence-electron chi connectivity index (χ0n) is 29.3. The topological polar surface area (TPSA) is 69.9 Å². The zero-order valence-corrected chi connectivity index (χ0v) is 29.3. The summed E-state index contributed by atoms with van der Waals surface area (Å²) >= 11 is 0. The molecule has 0 amide bonds. The Morgan fingerprint density at radius 2 is 1.00 bits per heavy atom. The molecule has 8 aromatic carbocycles. The van der Waals surface area contributed by atoms with Gasteiger partial charge in [-0.15, -0.1) is 0 Å².